The van der Waals surface area contributed by atoms with Gasteiger partial charge < -0.3 is 5.11 Å². The van der Waals surface area contributed by atoms with Crippen molar-refractivity contribution in [3.8, 4) is 0 Å². The fraction of sp³-hybridized carbons (Fsp3) is 0. The summed E-state index contributed by atoms with van der Waals surface area (Å²) in [7, 11) is -4.49. The van der Waals surface area contributed by atoms with Crippen LogP contribution in [0.3, 0.4) is 0 Å². The predicted molar refractivity (Wildman–Crippen MR) is 51.0 cm³/mol. The van der Waals surface area contributed by atoms with Crippen molar-refractivity contribution in [3.63, 3.8) is 0 Å². The van der Waals surface area contributed by atoms with E-state index >= 15 is 0 Å². The Balaban J connectivity index is 3.51. The number of carboxylic acid groups (broad SMARTS) is 1. The summed E-state index contributed by atoms with van der Waals surface area (Å²) in [4.78, 5) is 23.2. The van der Waals surface area contributed by atoms with Crippen molar-refractivity contribution < 1.29 is 27.7 Å². The molecule has 0 aliphatic rings. The molecule has 0 unspecified atom stereocenters. The van der Waals surface area contributed by atoms with Crippen LogP contribution in [-0.2, 0) is 14.9 Å². The second-order valence-electron chi connectivity index (χ2n) is 2.66. The predicted octanol–water partition coefficient (Wildman–Crippen LogP) is 0.599. The zero-order valence-corrected chi connectivity index (χ0v) is 8.43. The van der Waals surface area contributed by atoms with Crippen LogP contribution < -0.4 is 0 Å². The van der Waals surface area contributed by atoms with Crippen molar-refractivity contribution >= 4 is 27.9 Å². The van der Waals surface area contributed by atoms with Gasteiger partial charge >= 0.3 is 5.97 Å². The van der Waals surface area contributed by atoms with E-state index in [1.807, 2.05) is 0 Å². The molecule has 0 aromatic heterocycles. The van der Waals surface area contributed by atoms with Crippen molar-refractivity contribution in [3.05, 3.63) is 23.8 Å². The first-order valence-corrected chi connectivity index (χ1v) is 5.23. The van der Waals surface area contributed by atoms with E-state index in [0.29, 0.717) is 6.07 Å². The SMILES string of the molecule is O=C=Nc1ccc(S(=O)(=O)O)cc1C(=O)O. The van der Waals surface area contributed by atoms with Gasteiger partial charge in [0.15, 0.2) is 0 Å². The van der Waals surface area contributed by atoms with Gasteiger partial charge in [0.2, 0.25) is 6.08 Å². The van der Waals surface area contributed by atoms with Crippen LogP contribution in [0.25, 0.3) is 0 Å². The number of aromatic carboxylic acids is 1. The molecule has 0 amide bonds. The number of isocyanates is 1. The number of hydrogen-bond acceptors (Lipinski definition) is 5. The Kier molecular flexibility index (Phi) is 3.19. The summed E-state index contributed by atoms with van der Waals surface area (Å²) in [6.45, 7) is 0. The smallest absolute Gasteiger partial charge is 0.337 e. The number of benzene rings is 1. The van der Waals surface area contributed by atoms with Crippen molar-refractivity contribution in [2.75, 3.05) is 0 Å². The number of aliphatic imine (C=N–C) groups is 1. The summed E-state index contributed by atoms with van der Waals surface area (Å²) in [5.74, 6) is -1.47. The molecule has 0 aliphatic carbocycles. The second-order valence-corrected chi connectivity index (χ2v) is 4.08. The van der Waals surface area contributed by atoms with Crippen LogP contribution in [0, 0.1) is 0 Å². The first-order chi connectivity index (χ1) is 7.36. The van der Waals surface area contributed by atoms with Crippen molar-refractivity contribution in [2.45, 2.75) is 4.90 Å². The molecule has 0 bridgehead atoms. The lowest BCUT2D eigenvalue weighted by Crippen LogP contribution is -2.02. The van der Waals surface area contributed by atoms with E-state index in [9.17, 15) is 18.0 Å². The van der Waals surface area contributed by atoms with Crippen LogP contribution >= 0.6 is 0 Å². The minimum Gasteiger partial charge on any atom is -0.478 e. The third kappa shape index (κ3) is 2.51. The molecule has 1 aromatic carbocycles. The van der Waals surface area contributed by atoms with Crippen molar-refractivity contribution in [1.82, 2.24) is 0 Å². The van der Waals surface area contributed by atoms with E-state index in [0.717, 1.165) is 18.2 Å². The van der Waals surface area contributed by atoms with Crippen LogP contribution in [0.2, 0.25) is 0 Å². The van der Waals surface area contributed by atoms with Crippen molar-refractivity contribution in [1.29, 1.82) is 0 Å². The third-order valence-corrected chi connectivity index (χ3v) is 2.51. The van der Waals surface area contributed by atoms with Crippen LogP contribution in [0.15, 0.2) is 28.1 Å². The fourth-order valence-electron chi connectivity index (χ4n) is 0.994. The molecule has 0 spiro atoms. The molecule has 84 valence electrons. The van der Waals surface area contributed by atoms with E-state index < -0.39 is 26.5 Å². The van der Waals surface area contributed by atoms with Crippen LogP contribution in [0.5, 0.6) is 0 Å². The summed E-state index contributed by atoms with van der Waals surface area (Å²) in [5.41, 5.74) is -0.756. The standard InChI is InChI=1S/C8H5NO6S/c10-4-9-7-2-1-5(16(13,14)15)3-6(7)8(11)12/h1-3H,(H,11,12)(H,13,14,15). The first-order valence-electron chi connectivity index (χ1n) is 3.79. The molecular formula is C8H5NO6S. The average molecular weight is 243 g/mol. The average Bonchev–Trinajstić information content (AvgIpc) is 2.16. The Morgan fingerprint density at radius 1 is 1.38 bits per heavy atom. The number of carboxylic acids is 1. The minimum atomic E-state index is -4.49. The maximum atomic E-state index is 10.7. The van der Waals surface area contributed by atoms with Gasteiger partial charge in [-0.2, -0.15) is 13.4 Å². The topological polar surface area (TPSA) is 121 Å². The molecule has 0 fully saturated rings. The Morgan fingerprint density at radius 2 is 2.00 bits per heavy atom. The maximum Gasteiger partial charge on any atom is 0.337 e. The van der Waals surface area contributed by atoms with Gasteiger partial charge in [0.1, 0.15) is 0 Å². The second kappa shape index (κ2) is 4.23. The lowest BCUT2D eigenvalue weighted by molar-refractivity contribution is 0.0697. The summed E-state index contributed by atoms with van der Waals surface area (Å²) >= 11 is 0. The van der Waals surface area contributed by atoms with Crippen LogP contribution in [-0.4, -0.2) is 30.1 Å². The maximum absolute atomic E-state index is 10.7. The van der Waals surface area contributed by atoms with Gasteiger partial charge in [-0.25, -0.2) is 9.59 Å². The molecule has 0 radical (unpaired) electrons. The fourth-order valence-corrected chi connectivity index (χ4v) is 1.50. The van der Waals surface area contributed by atoms with Gasteiger partial charge in [0.05, 0.1) is 16.1 Å². The normalized spacial score (nSPS) is 10.6. The molecule has 1 aromatic rings. The molecule has 1 rings (SSSR count). The highest BCUT2D eigenvalue weighted by Crippen LogP contribution is 2.22. The number of hydrogen-bond donors (Lipinski definition) is 2. The lowest BCUT2D eigenvalue weighted by Gasteiger charge is -2.01. The molecule has 0 heterocycles. The number of carbonyl (C=O) groups excluding carboxylic acids is 1. The van der Waals surface area contributed by atoms with Gasteiger partial charge in [-0.15, -0.1) is 0 Å². The Hall–Kier alpha value is -2.02. The molecule has 0 saturated carbocycles. The molecule has 0 atom stereocenters. The van der Waals surface area contributed by atoms with E-state index in [4.69, 9.17) is 9.66 Å². The molecule has 0 saturated heterocycles. The summed E-state index contributed by atoms with van der Waals surface area (Å²) in [5, 5.41) is 8.72. The Morgan fingerprint density at radius 3 is 2.44 bits per heavy atom. The van der Waals surface area contributed by atoms with Crippen LogP contribution in [0.1, 0.15) is 10.4 Å². The van der Waals surface area contributed by atoms with Gasteiger partial charge in [-0.1, -0.05) is 0 Å². The molecule has 2 N–H and O–H groups in total. The molecule has 0 aliphatic heterocycles. The van der Waals surface area contributed by atoms with Gasteiger partial charge in [0, 0.05) is 0 Å². The highest BCUT2D eigenvalue weighted by molar-refractivity contribution is 7.85. The zero-order valence-electron chi connectivity index (χ0n) is 7.61. The highest BCUT2D eigenvalue weighted by Gasteiger charge is 2.16. The van der Waals surface area contributed by atoms with Crippen molar-refractivity contribution in [2.24, 2.45) is 4.99 Å². The number of rotatable bonds is 3. The van der Waals surface area contributed by atoms with E-state index in [-0.39, 0.29) is 5.69 Å². The summed E-state index contributed by atoms with van der Waals surface area (Å²) in [6, 6.07) is 2.61. The third-order valence-electron chi connectivity index (χ3n) is 1.66. The minimum absolute atomic E-state index is 0.241. The largest absolute Gasteiger partial charge is 0.478 e. The van der Waals surface area contributed by atoms with E-state index in [1.54, 1.807) is 0 Å². The van der Waals surface area contributed by atoms with Gasteiger partial charge in [-0.3, -0.25) is 4.55 Å². The molecular weight excluding hydrogens is 238 g/mol. The van der Waals surface area contributed by atoms with E-state index in [1.165, 1.54) is 0 Å². The van der Waals surface area contributed by atoms with Gasteiger partial charge in [-0.05, 0) is 18.2 Å². The van der Waals surface area contributed by atoms with Gasteiger partial charge in [0.25, 0.3) is 10.1 Å². The summed E-state index contributed by atoms with van der Waals surface area (Å²) in [6.07, 6.45) is 1.14. The zero-order chi connectivity index (χ0) is 12.3. The van der Waals surface area contributed by atoms with Crippen LogP contribution in [0.4, 0.5) is 5.69 Å². The number of nitrogens with zero attached hydrogens (tertiary/aromatic N) is 1. The lowest BCUT2D eigenvalue weighted by atomic mass is 10.2. The van der Waals surface area contributed by atoms with E-state index in [2.05, 4.69) is 4.99 Å². The Bertz CT molecular complexity index is 585. The molecule has 16 heavy (non-hydrogen) atoms. The Labute approximate surface area is 89.8 Å². The quantitative estimate of drug-likeness (QED) is 0.455. The molecule has 8 heteroatoms. The summed E-state index contributed by atoms with van der Waals surface area (Å²) < 4.78 is 30.2. The first kappa shape index (κ1) is 12.1. The monoisotopic (exact) mass is 243 g/mol. The number of carbonyl (C=O) groups is 1. The molecule has 7 nitrogen and oxygen atoms in total. The highest BCUT2D eigenvalue weighted by atomic mass is 32.2.